The molecule has 0 aliphatic rings. The normalized spacial score (nSPS) is 10.6. The van der Waals surface area contributed by atoms with Crippen LogP contribution in [-0.4, -0.2) is 20.3 Å². The number of methoxy groups -OCH3 is 1. The first-order chi connectivity index (χ1) is 13.8. The van der Waals surface area contributed by atoms with Crippen molar-refractivity contribution in [1.82, 2.24) is 5.32 Å². The molecule has 28 heavy (non-hydrogen) atoms. The minimum Gasteiger partial charge on any atom is -0.497 e. The lowest BCUT2D eigenvalue weighted by atomic mass is 10.1. The van der Waals surface area contributed by atoms with Gasteiger partial charge in [-0.2, -0.15) is 0 Å². The molecule has 0 unspecified atom stereocenters. The molecule has 1 aromatic heterocycles. The van der Waals surface area contributed by atoms with Gasteiger partial charge in [-0.3, -0.25) is 0 Å². The largest absolute Gasteiger partial charge is 0.497 e. The fraction of sp³-hybridized carbons (Fsp3) is 0.304. The zero-order chi connectivity index (χ0) is 19.6. The van der Waals surface area contributed by atoms with Gasteiger partial charge in [0.15, 0.2) is 11.5 Å². The highest BCUT2D eigenvalue weighted by Crippen LogP contribution is 2.29. The molecule has 148 valence electrons. The molecule has 0 aliphatic heterocycles. The fourth-order valence-electron chi connectivity index (χ4n) is 2.85. The lowest BCUT2D eigenvalue weighted by Gasteiger charge is -2.13. The summed E-state index contributed by atoms with van der Waals surface area (Å²) in [4.78, 5) is 1.20. The van der Waals surface area contributed by atoms with Crippen molar-refractivity contribution >= 4 is 11.3 Å². The maximum absolute atomic E-state index is 5.95. The van der Waals surface area contributed by atoms with Gasteiger partial charge in [-0.15, -0.1) is 11.3 Å². The van der Waals surface area contributed by atoms with Gasteiger partial charge in [-0.1, -0.05) is 24.3 Å². The summed E-state index contributed by atoms with van der Waals surface area (Å²) in [6.07, 6.45) is 0.977. The molecular weight excluding hydrogens is 370 g/mol. The van der Waals surface area contributed by atoms with Crippen LogP contribution in [-0.2, 0) is 19.6 Å². The molecule has 3 rings (SSSR count). The summed E-state index contributed by atoms with van der Waals surface area (Å²) in [5, 5.41) is 5.55. The molecule has 1 N–H and O–H groups in total. The number of hydrogen-bond donors (Lipinski definition) is 1. The smallest absolute Gasteiger partial charge is 0.161 e. The summed E-state index contributed by atoms with van der Waals surface area (Å²) in [6, 6.07) is 18.5. The monoisotopic (exact) mass is 397 g/mol. The molecule has 0 saturated carbocycles. The summed E-state index contributed by atoms with van der Waals surface area (Å²) in [6.45, 7) is 4.87. The molecule has 0 aliphatic carbocycles. The van der Waals surface area contributed by atoms with E-state index in [1.165, 1.54) is 16.0 Å². The fourth-order valence-corrected chi connectivity index (χ4v) is 3.47. The number of hydrogen-bond acceptors (Lipinski definition) is 5. The van der Waals surface area contributed by atoms with Crippen LogP contribution in [0.2, 0.25) is 0 Å². The van der Waals surface area contributed by atoms with E-state index in [9.17, 15) is 0 Å². The summed E-state index contributed by atoms with van der Waals surface area (Å²) in [5.41, 5.74) is 2.47. The van der Waals surface area contributed by atoms with Crippen molar-refractivity contribution in [2.45, 2.75) is 26.5 Å². The van der Waals surface area contributed by atoms with Crippen LogP contribution in [0.1, 0.15) is 22.9 Å². The van der Waals surface area contributed by atoms with E-state index in [-0.39, 0.29) is 0 Å². The first kappa shape index (κ1) is 20.2. The molecule has 3 aromatic rings. The molecule has 0 radical (unpaired) electrons. The van der Waals surface area contributed by atoms with Gasteiger partial charge in [0.25, 0.3) is 0 Å². The van der Waals surface area contributed by atoms with E-state index in [2.05, 4.69) is 41.0 Å². The third-order valence-corrected chi connectivity index (χ3v) is 5.19. The molecule has 1 heterocycles. The van der Waals surface area contributed by atoms with Crippen molar-refractivity contribution in [1.29, 1.82) is 0 Å². The number of nitrogens with one attached hydrogen (secondary N) is 1. The lowest BCUT2D eigenvalue weighted by Crippen LogP contribution is -2.16. The SMILES string of the molecule is CCOc1cc(CNCCc2ccc(OC)cc2)ccc1OCc1cccs1. The van der Waals surface area contributed by atoms with Crippen molar-refractivity contribution in [2.24, 2.45) is 0 Å². The predicted octanol–water partition coefficient (Wildman–Crippen LogP) is 5.07. The quantitative estimate of drug-likeness (QED) is 0.459. The summed E-state index contributed by atoms with van der Waals surface area (Å²) in [7, 11) is 1.69. The van der Waals surface area contributed by atoms with Gasteiger partial charge >= 0.3 is 0 Å². The van der Waals surface area contributed by atoms with Gasteiger partial charge in [0.05, 0.1) is 13.7 Å². The molecular formula is C23H27NO3S. The molecule has 0 fully saturated rings. The van der Waals surface area contributed by atoms with E-state index in [1.54, 1.807) is 18.4 Å². The topological polar surface area (TPSA) is 39.7 Å². The summed E-state index contributed by atoms with van der Waals surface area (Å²) in [5.74, 6) is 2.48. The Morgan fingerprint density at radius 3 is 2.46 bits per heavy atom. The van der Waals surface area contributed by atoms with Crippen LogP contribution in [0.4, 0.5) is 0 Å². The number of rotatable bonds is 11. The Kier molecular flexibility index (Phi) is 7.76. The molecule has 0 bridgehead atoms. The van der Waals surface area contributed by atoms with Crippen molar-refractivity contribution in [3.05, 3.63) is 76.0 Å². The maximum Gasteiger partial charge on any atom is 0.161 e. The Labute approximate surface area is 171 Å². The third kappa shape index (κ3) is 6.01. The Morgan fingerprint density at radius 2 is 1.75 bits per heavy atom. The number of benzene rings is 2. The summed E-state index contributed by atoms with van der Waals surface area (Å²) >= 11 is 1.70. The molecule has 2 aromatic carbocycles. The Morgan fingerprint density at radius 1 is 0.929 bits per heavy atom. The second kappa shape index (κ2) is 10.7. The van der Waals surface area contributed by atoms with Crippen LogP contribution in [0.5, 0.6) is 17.2 Å². The average Bonchev–Trinajstić information content (AvgIpc) is 3.25. The van der Waals surface area contributed by atoms with Crippen molar-refractivity contribution in [2.75, 3.05) is 20.3 Å². The van der Waals surface area contributed by atoms with E-state index in [1.807, 2.05) is 31.2 Å². The predicted molar refractivity (Wildman–Crippen MR) is 115 cm³/mol. The highest BCUT2D eigenvalue weighted by atomic mass is 32.1. The van der Waals surface area contributed by atoms with Gasteiger partial charge in [-0.25, -0.2) is 0 Å². The van der Waals surface area contributed by atoms with Crippen molar-refractivity contribution in [3.8, 4) is 17.2 Å². The zero-order valence-corrected chi connectivity index (χ0v) is 17.3. The molecule has 4 nitrogen and oxygen atoms in total. The minimum atomic E-state index is 0.567. The van der Waals surface area contributed by atoms with Crippen molar-refractivity contribution < 1.29 is 14.2 Å². The van der Waals surface area contributed by atoms with E-state index in [0.717, 1.165) is 36.8 Å². The zero-order valence-electron chi connectivity index (χ0n) is 16.4. The second-order valence-electron chi connectivity index (χ2n) is 6.36. The first-order valence-corrected chi connectivity index (χ1v) is 10.4. The van der Waals surface area contributed by atoms with Crippen molar-refractivity contribution in [3.63, 3.8) is 0 Å². The van der Waals surface area contributed by atoms with E-state index in [4.69, 9.17) is 14.2 Å². The van der Waals surface area contributed by atoms with Gasteiger partial charge in [0, 0.05) is 11.4 Å². The molecule has 0 amide bonds. The van der Waals surface area contributed by atoms with Crippen LogP contribution in [0.15, 0.2) is 60.0 Å². The number of ether oxygens (including phenoxy) is 3. The van der Waals surface area contributed by atoms with E-state index < -0.39 is 0 Å². The van der Waals surface area contributed by atoms with Gasteiger partial charge in [-0.05, 0) is 66.7 Å². The lowest BCUT2D eigenvalue weighted by molar-refractivity contribution is 0.271. The standard InChI is InChI=1S/C23H27NO3S/c1-3-26-23-15-19(8-11-22(23)27-17-21-5-4-14-28-21)16-24-13-12-18-6-9-20(25-2)10-7-18/h4-11,14-15,24H,3,12-13,16-17H2,1-2H3. The Balaban J connectivity index is 1.50. The first-order valence-electron chi connectivity index (χ1n) is 9.53. The molecule has 0 spiro atoms. The van der Waals surface area contributed by atoms with Gasteiger partial charge in [0.2, 0.25) is 0 Å². The maximum atomic E-state index is 5.95. The average molecular weight is 398 g/mol. The second-order valence-corrected chi connectivity index (χ2v) is 7.39. The Hall–Kier alpha value is -2.50. The van der Waals surface area contributed by atoms with Crippen LogP contribution in [0, 0.1) is 0 Å². The third-order valence-electron chi connectivity index (χ3n) is 4.34. The molecule has 0 saturated heterocycles. The highest BCUT2D eigenvalue weighted by Gasteiger charge is 2.07. The number of thiophene rings is 1. The van der Waals surface area contributed by atoms with Crippen LogP contribution in [0.25, 0.3) is 0 Å². The van der Waals surface area contributed by atoms with E-state index in [0.29, 0.717) is 13.2 Å². The van der Waals surface area contributed by atoms with Crippen LogP contribution in [0.3, 0.4) is 0 Å². The Bertz CT molecular complexity index is 832. The molecule has 5 heteroatoms. The highest BCUT2D eigenvalue weighted by molar-refractivity contribution is 7.09. The van der Waals surface area contributed by atoms with Crippen LogP contribution < -0.4 is 19.5 Å². The summed E-state index contributed by atoms with van der Waals surface area (Å²) < 4.78 is 16.9. The van der Waals surface area contributed by atoms with Gasteiger partial charge in [0.1, 0.15) is 12.4 Å². The minimum absolute atomic E-state index is 0.567. The van der Waals surface area contributed by atoms with E-state index >= 15 is 0 Å². The van der Waals surface area contributed by atoms with Crippen LogP contribution >= 0.6 is 11.3 Å². The van der Waals surface area contributed by atoms with Gasteiger partial charge < -0.3 is 19.5 Å². The molecule has 0 atom stereocenters.